The van der Waals surface area contributed by atoms with E-state index in [4.69, 9.17) is 0 Å². The SMILES string of the molecule is OCC1(Nc2ncnc3c2CCCCC3)CC1. The van der Waals surface area contributed by atoms with Crippen molar-refractivity contribution in [2.24, 2.45) is 0 Å². The monoisotopic (exact) mass is 233 g/mol. The summed E-state index contributed by atoms with van der Waals surface area (Å²) in [7, 11) is 0. The molecule has 2 aliphatic carbocycles. The third-order valence-corrected chi connectivity index (χ3v) is 3.91. The van der Waals surface area contributed by atoms with Crippen molar-refractivity contribution in [3.63, 3.8) is 0 Å². The minimum Gasteiger partial charge on any atom is -0.394 e. The van der Waals surface area contributed by atoms with Crippen molar-refractivity contribution in [3.8, 4) is 0 Å². The molecule has 1 heterocycles. The molecule has 0 atom stereocenters. The first kappa shape index (κ1) is 11.0. The smallest absolute Gasteiger partial charge is 0.133 e. The molecule has 4 nitrogen and oxygen atoms in total. The number of fused-ring (bicyclic) bond motifs is 1. The van der Waals surface area contributed by atoms with Gasteiger partial charge in [0.15, 0.2) is 0 Å². The lowest BCUT2D eigenvalue weighted by atomic mass is 10.1. The summed E-state index contributed by atoms with van der Waals surface area (Å²) in [5.74, 6) is 0.962. The van der Waals surface area contributed by atoms with Crippen molar-refractivity contribution in [2.45, 2.75) is 50.5 Å². The minimum atomic E-state index is -0.0889. The molecule has 0 bridgehead atoms. The lowest BCUT2D eigenvalue weighted by Crippen LogP contribution is -2.27. The third-order valence-electron chi connectivity index (χ3n) is 3.91. The number of nitrogens with one attached hydrogen (secondary N) is 1. The van der Waals surface area contributed by atoms with Crippen molar-refractivity contribution >= 4 is 5.82 Å². The largest absolute Gasteiger partial charge is 0.394 e. The molecule has 0 aliphatic heterocycles. The van der Waals surface area contributed by atoms with Crippen LogP contribution in [0.4, 0.5) is 5.82 Å². The molecule has 0 spiro atoms. The maximum absolute atomic E-state index is 9.37. The Labute approximate surface area is 101 Å². The van der Waals surface area contributed by atoms with Crippen molar-refractivity contribution in [1.82, 2.24) is 9.97 Å². The number of hydrogen-bond donors (Lipinski definition) is 2. The van der Waals surface area contributed by atoms with Gasteiger partial charge in [-0.05, 0) is 38.5 Å². The molecule has 0 amide bonds. The van der Waals surface area contributed by atoms with E-state index >= 15 is 0 Å². The molecule has 1 fully saturated rings. The van der Waals surface area contributed by atoms with E-state index in [1.54, 1.807) is 6.33 Å². The Bertz CT molecular complexity index is 415. The van der Waals surface area contributed by atoms with Crippen LogP contribution in [0, 0.1) is 0 Å². The molecule has 92 valence electrons. The first-order valence-corrected chi connectivity index (χ1v) is 6.55. The maximum atomic E-state index is 9.37. The van der Waals surface area contributed by atoms with Crippen LogP contribution in [-0.4, -0.2) is 27.2 Å². The second-order valence-corrected chi connectivity index (χ2v) is 5.27. The van der Waals surface area contributed by atoms with Gasteiger partial charge in [0.2, 0.25) is 0 Å². The molecule has 0 saturated heterocycles. The van der Waals surface area contributed by atoms with Crippen LogP contribution in [0.1, 0.15) is 43.4 Å². The summed E-state index contributed by atoms with van der Waals surface area (Å²) in [5.41, 5.74) is 2.40. The predicted molar refractivity (Wildman–Crippen MR) is 66.0 cm³/mol. The number of aromatic nitrogens is 2. The molecule has 2 aliphatic rings. The van der Waals surface area contributed by atoms with E-state index in [-0.39, 0.29) is 12.1 Å². The van der Waals surface area contributed by atoms with Gasteiger partial charge in [0.1, 0.15) is 12.1 Å². The summed E-state index contributed by atoms with van der Waals surface area (Å²) in [6.45, 7) is 0.200. The fourth-order valence-corrected chi connectivity index (χ4v) is 2.53. The van der Waals surface area contributed by atoms with Gasteiger partial charge in [-0.2, -0.15) is 0 Å². The molecule has 4 heteroatoms. The highest BCUT2D eigenvalue weighted by atomic mass is 16.3. The highest BCUT2D eigenvalue weighted by Crippen LogP contribution is 2.39. The lowest BCUT2D eigenvalue weighted by Gasteiger charge is -2.18. The van der Waals surface area contributed by atoms with E-state index in [9.17, 15) is 5.11 Å². The van der Waals surface area contributed by atoms with Crippen molar-refractivity contribution < 1.29 is 5.11 Å². The van der Waals surface area contributed by atoms with Gasteiger partial charge in [0, 0.05) is 11.3 Å². The summed E-state index contributed by atoms with van der Waals surface area (Å²) in [4.78, 5) is 8.78. The zero-order chi connectivity index (χ0) is 11.7. The van der Waals surface area contributed by atoms with Gasteiger partial charge in [-0.15, -0.1) is 0 Å². The van der Waals surface area contributed by atoms with Crippen molar-refractivity contribution in [2.75, 3.05) is 11.9 Å². The Morgan fingerprint density at radius 1 is 1.18 bits per heavy atom. The first-order chi connectivity index (χ1) is 8.33. The van der Waals surface area contributed by atoms with Crippen LogP contribution in [0.5, 0.6) is 0 Å². The number of anilines is 1. The average Bonchev–Trinajstić information content (AvgIpc) is 3.13. The molecule has 17 heavy (non-hydrogen) atoms. The molecule has 3 rings (SSSR count). The van der Waals surface area contributed by atoms with Crippen LogP contribution in [-0.2, 0) is 12.8 Å². The highest BCUT2D eigenvalue weighted by Gasteiger charge is 2.42. The van der Waals surface area contributed by atoms with Gasteiger partial charge in [-0.1, -0.05) is 6.42 Å². The van der Waals surface area contributed by atoms with Crippen LogP contribution in [0.2, 0.25) is 0 Å². The Balaban J connectivity index is 1.89. The van der Waals surface area contributed by atoms with Crippen LogP contribution >= 0.6 is 0 Å². The van der Waals surface area contributed by atoms with Gasteiger partial charge in [-0.25, -0.2) is 9.97 Å². The minimum absolute atomic E-state index is 0.0889. The second kappa shape index (κ2) is 4.26. The van der Waals surface area contributed by atoms with Gasteiger partial charge in [-0.3, -0.25) is 0 Å². The zero-order valence-electron chi connectivity index (χ0n) is 10.1. The number of rotatable bonds is 3. The molecule has 0 unspecified atom stereocenters. The van der Waals surface area contributed by atoms with E-state index in [0.29, 0.717) is 0 Å². The predicted octanol–water partition coefficient (Wildman–Crippen LogP) is 1.68. The maximum Gasteiger partial charge on any atom is 0.133 e. The normalized spacial score (nSPS) is 21.5. The molecular formula is C13H19N3O. The Morgan fingerprint density at radius 2 is 2.00 bits per heavy atom. The lowest BCUT2D eigenvalue weighted by molar-refractivity contribution is 0.266. The molecule has 1 aromatic rings. The van der Waals surface area contributed by atoms with E-state index in [1.165, 1.54) is 30.5 Å². The summed E-state index contributed by atoms with van der Waals surface area (Å²) in [5, 5.41) is 12.8. The van der Waals surface area contributed by atoms with E-state index in [0.717, 1.165) is 31.5 Å². The summed E-state index contributed by atoms with van der Waals surface area (Å²) in [6.07, 6.45) is 9.61. The van der Waals surface area contributed by atoms with E-state index in [2.05, 4.69) is 15.3 Å². The van der Waals surface area contributed by atoms with Crippen molar-refractivity contribution in [1.29, 1.82) is 0 Å². The number of aliphatic hydroxyl groups is 1. The molecule has 1 saturated carbocycles. The van der Waals surface area contributed by atoms with Gasteiger partial charge < -0.3 is 10.4 Å². The Hall–Kier alpha value is -1.16. The van der Waals surface area contributed by atoms with Crippen LogP contribution < -0.4 is 5.32 Å². The van der Waals surface area contributed by atoms with Gasteiger partial charge in [0.05, 0.1) is 12.1 Å². The van der Waals surface area contributed by atoms with Gasteiger partial charge >= 0.3 is 0 Å². The Morgan fingerprint density at radius 3 is 2.76 bits per heavy atom. The Kier molecular flexibility index (Phi) is 2.74. The molecule has 0 aromatic carbocycles. The quantitative estimate of drug-likeness (QED) is 0.780. The summed E-state index contributed by atoms with van der Waals surface area (Å²) < 4.78 is 0. The number of aryl methyl sites for hydroxylation is 1. The van der Waals surface area contributed by atoms with Crippen LogP contribution in [0.3, 0.4) is 0 Å². The molecule has 2 N–H and O–H groups in total. The molecule has 1 aromatic heterocycles. The first-order valence-electron chi connectivity index (χ1n) is 6.55. The second-order valence-electron chi connectivity index (χ2n) is 5.27. The fraction of sp³-hybridized carbons (Fsp3) is 0.692. The average molecular weight is 233 g/mol. The van der Waals surface area contributed by atoms with E-state index < -0.39 is 0 Å². The summed E-state index contributed by atoms with van der Waals surface area (Å²) >= 11 is 0. The van der Waals surface area contributed by atoms with Crippen molar-refractivity contribution in [3.05, 3.63) is 17.6 Å². The summed E-state index contributed by atoms with van der Waals surface area (Å²) in [6, 6.07) is 0. The van der Waals surface area contributed by atoms with Crippen LogP contribution in [0.25, 0.3) is 0 Å². The fourth-order valence-electron chi connectivity index (χ4n) is 2.53. The third kappa shape index (κ3) is 2.14. The number of hydrogen-bond acceptors (Lipinski definition) is 4. The molecule has 0 radical (unpaired) electrons. The van der Waals surface area contributed by atoms with Crippen LogP contribution in [0.15, 0.2) is 6.33 Å². The van der Waals surface area contributed by atoms with E-state index in [1.807, 2.05) is 0 Å². The highest BCUT2D eigenvalue weighted by molar-refractivity contribution is 5.50. The topological polar surface area (TPSA) is 58.0 Å². The number of aliphatic hydroxyl groups excluding tert-OH is 1. The zero-order valence-corrected chi connectivity index (χ0v) is 10.1. The van der Waals surface area contributed by atoms with Gasteiger partial charge in [0.25, 0.3) is 0 Å². The standard InChI is InChI=1S/C13H19N3O/c17-8-13(6-7-13)16-12-10-4-2-1-3-5-11(10)14-9-15-12/h9,17H,1-8H2,(H,14,15,16). The number of nitrogens with zero attached hydrogens (tertiary/aromatic N) is 2. The molecular weight excluding hydrogens is 214 g/mol.